The van der Waals surface area contributed by atoms with E-state index in [9.17, 15) is 9.90 Å². The second kappa shape index (κ2) is 8.67. The molecule has 0 aliphatic rings. The summed E-state index contributed by atoms with van der Waals surface area (Å²) in [7, 11) is 0. The average Bonchev–Trinajstić information content (AvgIpc) is 2.91. The van der Waals surface area contributed by atoms with Gasteiger partial charge < -0.3 is 9.67 Å². The molecule has 1 aromatic heterocycles. The molecule has 0 aliphatic heterocycles. The molecule has 2 aromatic carbocycles. The molecular formula is C20H19BrClN3O2. The molecule has 0 bridgehead atoms. The summed E-state index contributed by atoms with van der Waals surface area (Å²) in [6.07, 6.45) is 3.10. The lowest BCUT2D eigenvalue weighted by molar-refractivity contribution is 0.0995. The number of hydrogen-bond donors (Lipinski definition) is 1. The maximum Gasteiger partial charge on any atom is 0.296 e. The number of unbranched alkanes of at least 4 members (excludes halogenated alkanes) is 2. The van der Waals surface area contributed by atoms with Crippen LogP contribution in [0.25, 0.3) is 10.9 Å². The van der Waals surface area contributed by atoms with E-state index in [4.69, 9.17) is 11.6 Å². The molecule has 1 amide bonds. The fourth-order valence-electron chi connectivity index (χ4n) is 2.92. The third-order valence-corrected chi connectivity index (χ3v) is 5.13. The number of carbonyl (C=O) groups is 1. The van der Waals surface area contributed by atoms with Crippen molar-refractivity contribution >= 4 is 50.0 Å². The van der Waals surface area contributed by atoms with Crippen LogP contribution in [0.15, 0.2) is 57.2 Å². The Bertz CT molecular complexity index is 1010. The fraction of sp³-hybridized carbons (Fsp3) is 0.250. The number of amides is 1. The highest BCUT2D eigenvalue weighted by atomic mass is 79.9. The zero-order valence-corrected chi connectivity index (χ0v) is 17.2. The van der Waals surface area contributed by atoms with Crippen molar-refractivity contribution in [2.45, 2.75) is 32.7 Å². The molecule has 1 heterocycles. The van der Waals surface area contributed by atoms with Gasteiger partial charge in [-0.1, -0.05) is 59.4 Å². The Morgan fingerprint density at radius 1 is 1.22 bits per heavy atom. The van der Waals surface area contributed by atoms with Crippen molar-refractivity contribution in [3.8, 4) is 5.88 Å². The van der Waals surface area contributed by atoms with Gasteiger partial charge in [0.15, 0.2) is 5.69 Å². The van der Waals surface area contributed by atoms with Gasteiger partial charge in [-0.2, -0.15) is 0 Å². The van der Waals surface area contributed by atoms with Gasteiger partial charge in [0.05, 0.1) is 16.1 Å². The van der Waals surface area contributed by atoms with Crippen molar-refractivity contribution in [2.75, 3.05) is 0 Å². The molecule has 7 heteroatoms. The molecule has 3 rings (SSSR count). The first-order chi connectivity index (χ1) is 13.0. The molecule has 27 heavy (non-hydrogen) atoms. The number of nitrogens with zero attached hydrogens (tertiary/aromatic N) is 3. The lowest BCUT2D eigenvalue weighted by Crippen LogP contribution is -1.96. The van der Waals surface area contributed by atoms with Crippen LogP contribution in [0.5, 0.6) is 5.88 Å². The molecule has 0 aliphatic carbocycles. The Morgan fingerprint density at radius 2 is 2.00 bits per heavy atom. The Hall–Kier alpha value is -2.18. The molecule has 0 fully saturated rings. The van der Waals surface area contributed by atoms with E-state index in [1.165, 1.54) is 0 Å². The number of rotatable bonds is 6. The lowest BCUT2D eigenvalue weighted by atomic mass is 10.2. The number of aromatic nitrogens is 1. The zero-order chi connectivity index (χ0) is 19.4. The molecule has 0 saturated carbocycles. The Labute approximate surface area is 170 Å². The second-order valence-corrected chi connectivity index (χ2v) is 7.50. The maximum atomic E-state index is 12.3. The van der Waals surface area contributed by atoms with Crippen molar-refractivity contribution in [1.82, 2.24) is 4.57 Å². The number of hydrogen-bond acceptors (Lipinski definition) is 3. The van der Waals surface area contributed by atoms with Gasteiger partial charge in [-0.05, 0) is 36.8 Å². The smallest absolute Gasteiger partial charge is 0.296 e. The summed E-state index contributed by atoms with van der Waals surface area (Å²) in [5, 5.41) is 19.6. The Kier molecular flexibility index (Phi) is 6.29. The zero-order valence-electron chi connectivity index (χ0n) is 14.8. The van der Waals surface area contributed by atoms with Crippen molar-refractivity contribution in [2.24, 2.45) is 10.2 Å². The molecule has 140 valence electrons. The number of carbonyl (C=O) groups excluding carboxylic acids is 1. The quantitative estimate of drug-likeness (QED) is 0.330. The predicted octanol–water partition coefficient (Wildman–Crippen LogP) is 6.88. The van der Waals surface area contributed by atoms with Gasteiger partial charge in [-0.25, -0.2) is 0 Å². The number of aromatic hydroxyl groups is 1. The van der Waals surface area contributed by atoms with E-state index < -0.39 is 5.91 Å². The van der Waals surface area contributed by atoms with Crippen molar-refractivity contribution in [3.63, 3.8) is 0 Å². The molecule has 3 aromatic rings. The minimum atomic E-state index is -0.554. The predicted molar refractivity (Wildman–Crippen MR) is 111 cm³/mol. The average molecular weight is 449 g/mol. The molecule has 0 radical (unpaired) electrons. The van der Waals surface area contributed by atoms with Crippen molar-refractivity contribution in [3.05, 3.63) is 57.5 Å². The van der Waals surface area contributed by atoms with Crippen LogP contribution < -0.4 is 0 Å². The number of azo groups is 1. The van der Waals surface area contributed by atoms with Crippen LogP contribution >= 0.6 is 27.5 Å². The minimum absolute atomic E-state index is 0.00918. The maximum absolute atomic E-state index is 12.3. The molecule has 0 unspecified atom stereocenters. The summed E-state index contributed by atoms with van der Waals surface area (Å²) in [4.78, 5) is 12.3. The third-order valence-electron chi connectivity index (χ3n) is 4.30. The standard InChI is InChI=1S/C20H19BrClN3O2/c1-2-3-6-11-25-17-10-9-13(21)12-15(17)18(20(25)27)23-24-19(26)14-7-4-5-8-16(14)22/h4-5,7-10,12,27H,2-3,6,11H2,1H3. The highest BCUT2D eigenvalue weighted by molar-refractivity contribution is 9.10. The SMILES string of the molecule is CCCCCn1c(O)c(N=NC(=O)c2ccccc2Cl)c2cc(Br)ccc21. The fourth-order valence-corrected chi connectivity index (χ4v) is 3.50. The molecule has 0 spiro atoms. The molecule has 5 nitrogen and oxygen atoms in total. The van der Waals surface area contributed by atoms with E-state index in [0.29, 0.717) is 11.6 Å². The van der Waals surface area contributed by atoms with E-state index >= 15 is 0 Å². The number of fused-ring (bicyclic) bond motifs is 1. The largest absolute Gasteiger partial charge is 0.493 e. The Morgan fingerprint density at radius 3 is 2.74 bits per heavy atom. The normalized spacial score (nSPS) is 11.5. The van der Waals surface area contributed by atoms with E-state index in [2.05, 4.69) is 33.1 Å². The highest BCUT2D eigenvalue weighted by Gasteiger charge is 2.17. The number of halogens is 2. The summed E-state index contributed by atoms with van der Waals surface area (Å²) in [5.41, 5.74) is 1.41. The lowest BCUT2D eigenvalue weighted by Gasteiger charge is -2.06. The molecular weight excluding hydrogens is 430 g/mol. The van der Waals surface area contributed by atoms with Crippen molar-refractivity contribution in [1.29, 1.82) is 0 Å². The van der Waals surface area contributed by atoms with Crippen molar-refractivity contribution < 1.29 is 9.90 Å². The first-order valence-electron chi connectivity index (χ1n) is 8.74. The third kappa shape index (κ3) is 4.22. The second-order valence-electron chi connectivity index (χ2n) is 6.18. The molecule has 1 N–H and O–H groups in total. The summed E-state index contributed by atoms with van der Waals surface area (Å²) in [5.74, 6) is -0.545. The summed E-state index contributed by atoms with van der Waals surface area (Å²) >= 11 is 9.48. The Balaban J connectivity index is 2.00. The van der Waals surface area contributed by atoms with Crippen LogP contribution in [0.2, 0.25) is 5.02 Å². The monoisotopic (exact) mass is 447 g/mol. The van der Waals surface area contributed by atoms with Crippen LogP contribution in [0, 0.1) is 0 Å². The number of aryl methyl sites for hydroxylation is 1. The van der Waals surface area contributed by atoms with Gasteiger partial charge in [0.2, 0.25) is 5.88 Å². The summed E-state index contributed by atoms with van der Waals surface area (Å²) < 4.78 is 2.67. The van der Waals surface area contributed by atoms with Crippen LogP contribution in [0.3, 0.4) is 0 Å². The van der Waals surface area contributed by atoms with Crippen LogP contribution in [0.1, 0.15) is 36.5 Å². The van der Waals surface area contributed by atoms with Gasteiger partial charge in [-0.3, -0.25) is 4.79 Å². The summed E-state index contributed by atoms with van der Waals surface area (Å²) in [6.45, 7) is 2.80. The van der Waals surface area contributed by atoms with E-state index in [1.54, 1.807) is 24.3 Å². The first kappa shape index (κ1) is 19.6. The van der Waals surface area contributed by atoms with E-state index in [1.807, 2.05) is 22.8 Å². The van der Waals surface area contributed by atoms with E-state index in [0.717, 1.165) is 34.6 Å². The highest BCUT2D eigenvalue weighted by Crippen LogP contribution is 2.40. The van der Waals surface area contributed by atoms with Gasteiger partial charge in [0.25, 0.3) is 5.91 Å². The van der Waals surface area contributed by atoms with Gasteiger partial charge in [-0.15, -0.1) is 10.2 Å². The van der Waals surface area contributed by atoms with Crippen LogP contribution in [0.4, 0.5) is 5.69 Å². The molecule has 0 atom stereocenters. The first-order valence-corrected chi connectivity index (χ1v) is 9.91. The minimum Gasteiger partial charge on any atom is -0.493 e. The van der Waals surface area contributed by atoms with Gasteiger partial charge >= 0.3 is 0 Å². The van der Waals surface area contributed by atoms with Gasteiger partial charge in [0.1, 0.15) is 0 Å². The van der Waals surface area contributed by atoms with Gasteiger partial charge in [0, 0.05) is 16.4 Å². The topological polar surface area (TPSA) is 66.9 Å². The van der Waals surface area contributed by atoms with Crippen LogP contribution in [-0.2, 0) is 6.54 Å². The summed E-state index contributed by atoms with van der Waals surface area (Å²) in [6, 6.07) is 12.4. The molecule has 0 saturated heterocycles. The van der Waals surface area contributed by atoms with Crippen LogP contribution in [-0.4, -0.2) is 15.6 Å². The number of benzene rings is 2. The van der Waals surface area contributed by atoms with E-state index in [-0.39, 0.29) is 17.1 Å².